The number of nitrogens with zero attached hydrogens (tertiary/aromatic N) is 2. The zero-order chi connectivity index (χ0) is 15.2. The maximum Gasteiger partial charge on any atom is 0.141 e. The van der Waals surface area contributed by atoms with E-state index < -0.39 is 0 Å². The van der Waals surface area contributed by atoms with Crippen LogP contribution in [0.25, 0.3) is 0 Å². The molecule has 2 rings (SSSR count). The van der Waals surface area contributed by atoms with Crippen molar-refractivity contribution in [2.45, 2.75) is 19.9 Å². The number of nitrogens with two attached hydrogens (primary N) is 1. The summed E-state index contributed by atoms with van der Waals surface area (Å²) in [6.07, 6.45) is 1.22. The number of rotatable bonds is 6. The summed E-state index contributed by atoms with van der Waals surface area (Å²) in [5.74, 6) is -0.124. The third-order valence-electron chi connectivity index (χ3n) is 3.72. The van der Waals surface area contributed by atoms with E-state index in [4.69, 9.17) is 5.73 Å². The lowest BCUT2D eigenvalue weighted by atomic mass is 9.98. The Bertz CT molecular complexity index is 542. The fourth-order valence-electron chi connectivity index (χ4n) is 2.39. The molecule has 1 heterocycles. The molecule has 0 bridgehead atoms. The minimum absolute atomic E-state index is 0.205. The first kappa shape index (κ1) is 15.4. The van der Waals surface area contributed by atoms with Gasteiger partial charge in [0.1, 0.15) is 5.82 Å². The van der Waals surface area contributed by atoms with Crippen LogP contribution in [-0.2, 0) is 0 Å². The number of aromatic nitrogens is 1. The standard InChI is InChI=1S/C17H22FN3/c1-3-21(15-7-5-4-6-8-15)12-13(2)17(19)16-10-9-14(18)11-20-16/h4-11,13,17H,3,12,19H2,1-2H3. The van der Waals surface area contributed by atoms with Crippen LogP contribution < -0.4 is 10.6 Å². The van der Waals surface area contributed by atoms with Crippen LogP contribution in [0.3, 0.4) is 0 Å². The van der Waals surface area contributed by atoms with E-state index >= 15 is 0 Å². The Hall–Kier alpha value is -1.94. The van der Waals surface area contributed by atoms with E-state index in [1.165, 1.54) is 18.0 Å². The first-order valence-corrected chi connectivity index (χ1v) is 7.28. The third kappa shape index (κ3) is 4.02. The van der Waals surface area contributed by atoms with Gasteiger partial charge in [0.15, 0.2) is 0 Å². The Balaban J connectivity index is 2.05. The van der Waals surface area contributed by atoms with Gasteiger partial charge in [0.2, 0.25) is 0 Å². The second-order valence-corrected chi connectivity index (χ2v) is 5.28. The van der Waals surface area contributed by atoms with E-state index in [1.54, 1.807) is 6.07 Å². The van der Waals surface area contributed by atoms with Gasteiger partial charge in [-0.25, -0.2) is 4.39 Å². The second kappa shape index (κ2) is 7.18. The van der Waals surface area contributed by atoms with Crippen LogP contribution in [0.1, 0.15) is 25.6 Å². The van der Waals surface area contributed by atoms with Crippen LogP contribution in [0.2, 0.25) is 0 Å². The number of hydrogen-bond donors (Lipinski definition) is 1. The Morgan fingerprint density at radius 3 is 2.48 bits per heavy atom. The minimum atomic E-state index is -0.335. The third-order valence-corrected chi connectivity index (χ3v) is 3.72. The first-order valence-electron chi connectivity index (χ1n) is 7.28. The largest absolute Gasteiger partial charge is 0.371 e. The van der Waals surface area contributed by atoms with E-state index in [0.29, 0.717) is 0 Å². The van der Waals surface area contributed by atoms with Gasteiger partial charge in [0.05, 0.1) is 17.9 Å². The molecule has 0 saturated heterocycles. The highest BCUT2D eigenvalue weighted by Gasteiger charge is 2.19. The average molecular weight is 287 g/mol. The normalized spacial score (nSPS) is 13.7. The molecule has 1 aromatic carbocycles. The Morgan fingerprint density at radius 2 is 1.90 bits per heavy atom. The van der Waals surface area contributed by atoms with Crippen LogP contribution in [0.15, 0.2) is 48.7 Å². The molecule has 2 atom stereocenters. The molecule has 21 heavy (non-hydrogen) atoms. The molecule has 0 amide bonds. The SMILES string of the molecule is CCN(CC(C)C(N)c1ccc(F)cn1)c1ccccc1. The van der Waals surface area contributed by atoms with Crippen molar-refractivity contribution < 1.29 is 4.39 Å². The molecule has 1 aromatic heterocycles. The maximum atomic E-state index is 12.9. The van der Waals surface area contributed by atoms with Gasteiger partial charge in [-0.1, -0.05) is 25.1 Å². The van der Waals surface area contributed by atoms with Gasteiger partial charge < -0.3 is 10.6 Å². The summed E-state index contributed by atoms with van der Waals surface area (Å²) in [4.78, 5) is 6.37. The van der Waals surface area contributed by atoms with Gasteiger partial charge in [-0.15, -0.1) is 0 Å². The van der Waals surface area contributed by atoms with E-state index in [1.807, 2.05) is 18.2 Å². The molecule has 4 heteroatoms. The maximum absolute atomic E-state index is 12.9. The molecule has 3 nitrogen and oxygen atoms in total. The monoisotopic (exact) mass is 287 g/mol. The van der Waals surface area contributed by atoms with Crippen LogP contribution in [0.4, 0.5) is 10.1 Å². The van der Waals surface area contributed by atoms with E-state index in [-0.39, 0.29) is 17.8 Å². The predicted molar refractivity (Wildman–Crippen MR) is 84.6 cm³/mol. The van der Waals surface area contributed by atoms with Gasteiger partial charge in [-0.3, -0.25) is 4.98 Å². The van der Waals surface area contributed by atoms with E-state index in [0.717, 1.165) is 18.8 Å². The quantitative estimate of drug-likeness (QED) is 0.885. The molecular weight excluding hydrogens is 265 g/mol. The molecule has 0 aliphatic rings. The summed E-state index contributed by atoms with van der Waals surface area (Å²) in [5.41, 5.74) is 8.17. The van der Waals surface area contributed by atoms with Crippen molar-refractivity contribution in [2.24, 2.45) is 11.7 Å². The van der Waals surface area contributed by atoms with E-state index in [9.17, 15) is 4.39 Å². The van der Waals surface area contributed by atoms with Crippen molar-refractivity contribution in [3.05, 3.63) is 60.2 Å². The summed E-state index contributed by atoms with van der Waals surface area (Å²) < 4.78 is 12.9. The summed E-state index contributed by atoms with van der Waals surface area (Å²) in [6.45, 7) is 5.97. The summed E-state index contributed by atoms with van der Waals surface area (Å²) in [7, 11) is 0. The highest BCUT2D eigenvalue weighted by Crippen LogP contribution is 2.21. The lowest BCUT2D eigenvalue weighted by Crippen LogP contribution is -2.33. The molecule has 0 saturated carbocycles. The second-order valence-electron chi connectivity index (χ2n) is 5.28. The number of anilines is 1. The van der Waals surface area contributed by atoms with Crippen molar-refractivity contribution in [1.29, 1.82) is 0 Å². The van der Waals surface area contributed by atoms with Crippen molar-refractivity contribution in [3.63, 3.8) is 0 Å². The molecule has 2 unspecified atom stereocenters. The average Bonchev–Trinajstić information content (AvgIpc) is 2.53. The van der Waals surface area contributed by atoms with Crippen molar-refractivity contribution >= 4 is 5.69 Å². The number of halogens is 1. The van der Waals surface area contributed by atoms with Gasteiger partial charge in [-0.2, -0.15) is 0 Å². The number of benzene rings is 1. The topological polar surface area (TPSA) is 42.1 Å². The Morgan fingerprint density at radius 1 is 1.19 bits per heavy atom. The van der Waals surface area contributed by atoms with Crippen molar-refractivity contribution in [2.75, 3.05) is 18.0 Å². The molecule has 2 N–H and O–H groups in total. The van der Waals surface area contributed by atoms with Gasteiger partial charge in [0.25, 0.3) is 0 Å². The highest BCUT2D eigenvalue weighted by molar-refractivity contribution is 5.45. The van der Waals surface area contributed by atoms with Gasteiger partial charge in [-0.05, 0) is 37.1 Å². The molecule has 0 fully saturated rings. The minimum Gasteiger partial charge on any atom is -0.371 e. The molecule has 0 aliphatic carbocycles. The van der Waals surface area contributed by atoms with Crippen LogP contribution in [0.5, 0.6) is 0 Å². The Labute approximate surface area is 125 Å². The molecule has 0 spiro atoms. The zero-order valence-electron chi connectivity index (χ0n) is 12.5. The summed E-state index contributed by atoms with van der Waals surface area (Å²) >= 11 is 0. The van der Waals surface area contributed by atoms with Gasteiger partial charge in [0, 0.05) is 18.8 Å². The zero-order valence-corrected chi connectivity index (χ0v) is 12.5. The van der Waals surface area contributed by atoms with Crippen LogP contribution in [-0.4, -0.2) is 18.1 Å². The number of hydrogen-bond acceptors (Lipinski definition) is 3. The Kier molecular flexibility index (Phi) is 5.28. The molecule has 0 radical (unpaired) electrons. The smallest absolute Gasteiger partial charge is 0.141 e. The molecule has 0 aliphatic heterocycles. The van der Waals surface area contributed by atoms with Crippen LogP contribution >= 0.6 is 0 Å². The number of para-hydroxylation sites is 1. The lowest BCUT2D eigenvalue weighted by molar-refractivity contribution is 0.456. The van der Waals surface area contributed by atoms with Crippen molar-refractivity contribution in [3.8, 4) is 0 Å². The molecule has 112 valence electrons. The lowest BCUT2D eigenvalue weighted by Gasteiger charge is -2.29. The highest BCUT2D eigenvalue weighted by atomic mass is 19.1. The molecular formula is C17H22FN3. The van der Waals surface area contributed by atoms with Gasteiger partial charge >= 0.3 is 0 Å². The van der Waals surface area contributed by atoms with Crippen molar-refractivity contribution in [1.82, 2.24) is 4.98 Å². The summed E-state index contributed by atoms with van der Waals surface area (Å²) in [6, 6.07) is 13.1. The molecule has 2 aromatic rings. The fourth-order valence-corrected chi connectivity index (χ4v) is 2.39. The number of pyridine rings is 1. The fraction of sp³-hybridized carbons (Fsp3) is 0.353. The van der Waals surface area contributed by atoms with E-state index in [2.05, 4.69) is 35.9 Å². The first-order chi connectivity index (χ1) is 10.1. The summed E-state index contributed by atoms with van der Waals surface area (Å²) in [5, 5.41) is 0. The predicted octanol–water partition coefficient (Wildman–Crippen LogP) is 3.38. The van der Waals surface area contributed by atoms with Crippen LogP contribution in [0, 0.1) is 11.7 Å².